The Morgan fingerprint density at radius 3 is 2.65 bits per heavy atom. The van der Waals surface area contributed by atoms with Crippen LogP contribution in [0.15, 0.2) is 36.4 Å². The zero-order valence-corrected chi connectivity index (χ0v) is 18.9. The molecule has 170 valence electrons. The molecule has 0 radical (unpaired) electrons. The van der Waals surface area contributed by atoms with Gasteiger partial charge in [-0.1, -0.05) is 62.6 Å². The van der Waals surface area contributed by atoms with Gasteiger partial charge < -0.3 is 14.9 Å². The van der Waals surface area contributed by atoms with Crippen LogP contribution in [-0.2, 0) is 9.53 Å². The van der Waals surface area contributed by atoms with Crippen molar-refractivity contribution in [3.63, 3.8) is 0 Å². The van der Waals surface area contributed by atoms with Crippen LogP contribution in [0, 0.1) is 23.2 Å². The van der Waals surface area contributed by atoms with Crippen molar-refractivity contribution in [3.05, 3.63) is 47.5 Å². The molecule has 1 unspecified atom stereocenters. The van der Waals surface area contributed by atoms with E-state index in [4.69, 9.17) is 0 Å². The van der Waals surface area contributed by atoms with Crippen LogP contribution in [0.25, 0.3) is 0 Å². The molecular weight excluding hydrogens is 390 g/mol. The van der Waals surface area contributed by atoms with E-state index in [1.54, 1.807) is 0 Å². The van der Waals surface area contributed by atoms with Gasteiger partial charge in [0.25, 0.3) is 0 Å². The standard InChI is InChI=1S/C26H37NO4/c1-3-4-7-11-23(28)19-13-15-20(16-14-19)26-22(21(18-27)17-24(26)29)10-8-5-6-9-12-25(30)31-2/h5,8,13-16,21-24,26,28-29H,3-4,6-7,9-12,17H2,1-2H3/b8-5-/t21-,22?,23-,24+,26+/m0/s1. The second kappa shape index (κ2) is 13.3. The van der Waals surface area contributed by atoms with E-state index in [0.29, 0.717) is 12.8 Å². The Hall–Kier alpha value is -2.16. The van der Waals surface area contributed by atoms with Crippen molar-refractivity contribution < 1.29 is 19.7 Å². The van der Waals surface area contributed by atoms with Crippen LogP contribution in [0.5, 0.6) is 0 Å². The van der Waals surface area contributed by atoms with E-state index in [1.807, 2.05) is 24.3 Å². The van der Waals surface area contributed by atoms with Crippen molar-refractivity contribution in [2.75, 3.05) is 7.11 Å². The maximum Gasteiger partial charge on any atom is 0.305 e. The van der Waals surface area contributed by atoms with Gasteiger partial charge in [0.2, 0.25) is 0 Å². The highest BCUT2D eigenvalue weighted by Crippen LogP contribution is 2.45. The van der Waals surface area contributed by atoms with Crippen molar-refractivity contribution in [2.45, 2.75) is 82.8 Å². The minimum atomic E-state index is -0.539. The first-order chi connectivity index (χ1) is 15.0. The number of nitrogens with zero attached hydrogens (tertiary/aromatic N) is 1. The number of hydrogen-bond acceptors (Lipinski definition) is 5. The number of unbranched alkanes of at least 4 members (excludes halogenated alkanes) is 3. The molecule has 0 aromatic heterocycles. The minimum absolute atomic E-state index is 0.0529. The van der Waals surface area contributed by atoms with Gasteiger partial charge in [0.05, 0.1) is 31.3 Å². The zero-order valence-electron chi connectivity index (χ0n) is 18.9. The predicted molar refractivity (Wildman–Crippen MR) is 121 cm³/mol. The van der Waals surface area contributed by atoms with Crippen LogP contribution >= 0.6 is 0 Å². The molecule has 0 aliphatic heterocycles. The molecule has 5 heteroatoms. The number of methoxy groups -OCH3 is 1. The number of allylic oxidation sites excluding steroid dienone is 2. The molecule has 1 aromatic rings. The van der Waals surface area contributed by atoms with E-state index in [2.05, 4.69) is 29.9 Å². The molecule has 0 saturated heterocycles. The summed E-state index contributed by atoms with van der Waals surface area (Å²) in [6, 6.07) is 10.3. The summed E-state index contributed by atoms with van der Waals surface area (Å²) in [5, 5.41) is 30.7. The summed E-state index contributed by atoms with van der Waals surface area (Å²) in [7, 11) is 1.39. The van der Waals surface area contributed by atoms with Crippen molar-refractivity contribution in [2.24, 2.45) is 11.8 Å². The molecule has 5 nitrogen and oxygen atoms in total. The second-order valence-corrected chi connectivity index (χ2v) is 8.58. The van der Waals surface area contributed by atoms with Crippen LogP contribution in [-0.4, -0.2) is 29.4 Å². The first kappa shape index (κ1) is 25.1. The van der Waals surface area contributed by atoms with Gasteiger partial charge in [0, 0.05) is 12.3 Å². The number of carbonyl (C=O) groups excluding carboxylic acids is 1. The molecule has 2 N–H and O–H groups in total. The van der Waals surface area contributed by atoms with E-state index >= 15 is 0 Å². The summed E-state index contributed by atoms with van der Waals surface area (Å²) < 4.78 is 4.65. The Balaban J connectivity index is 2.00. The molecule has 5 atom stereocenters. The van der Waals surface area contributed by atoms with Crippen molar-refractivity contribution in [1.82, 2.24) is 0 Å². The Morgan fingerprint density at radius 1 is 1.26 bits per heavy atom. The maximum absolute atomic E-state index is 11.2. The summed E-state index contributed by atoms with van der Waals surface area (Å²) in [5.41, 5.74) is 1.94. The SMILES string of the molecule is CCCCC[C@H](O)c1ccc([C@@H]2C(C/C=C\CCCC(=O)OC)[C@H](C#N)C[C@H]2O)cc1. The van der Waals surface area contributed by atoms with Crippen LogP contribution in [0.1, 0.15) is 87.9 Å². The van der Waals surface area contributed by atoms with E-state index in [9.17, 15) is 20.3 Å². The van der Waals surface area contributed by atoms with Crippen molar-refractivity contribution >= 4 is 5.97 Å². The fourth-order valence-electron chi connectivity index (χ4n) is 4.58. The summed E-state index contributed by atoms with van der Waals surface area (Å²) in [6.07, 6.45) is 10.3. The van der Waals surface area contributed by atoms with Crippen LogP contribution in [0.4, 0.5) is 0 Å². The average molecular weight is 428 g/mol. The van der Waals surface area contributed by atoms with Gasteiger partial charge in [0.1, 0.15) is 0 Å². The second-order valence-electron chi connectivity index (χ2n) is 8.58. The predicted octanol–water partition coefficient (Wildman–Crippen LogP) is 5.19. The Morgan fingerprint density at radius 2 is 2.00 bits per heavy atom. The molecule has 2 rings (SSSR count). The average Bonchev–Trinajstić information content (AvgIpc) is 3.11. The first-order valence-electron chi connectivity index (χ1n) is 11.6. The van der Waals surface area contributed by atoms with Gasteiger partial charge in [-0.3, -0.25) is 4.79 Å². The fraction of sp³-hybridized carbons (Fsp3) is 0.615. The van der Waals surface area contributed by atoms with Gasteiger partial charge >= 0.3 is 5.97 Å². The normalized spacial score (nSPS) is 24.2. The monoisotopic (exact) mass is 427 g/mol. The zero-order chi connectivity index (χ0) is 22.6. The largest absolute Gasteiger partial charge is 0.469 e. The topological polar surface area (TPSA) is 90.5 Å². The highest BCUT2D eigenvalue weighted by molar-refractivity contribution is 5.69. The Labute approximate surface area is 186 Å². The lowest BCUT2D eigenvalue weighted by atomic mass is 9.82. The summed E-state index contributed by atoms with van der Waals surface area (Å²) in [6.45, 7) is 2.15. The molecular formula is C26H37NO4. The number of rotatable bonds is 12. The number of esters is 1. The van der Waals surface area contributed by atoms with E-state index < -0.39 is 12.2 Å². The number of benzene rings is 1. The third-order valence-electron chi connectivity index (χ3n) is 6.40. The van der Waals surface area contributed by atoms with Gasteiger partial charge in [-0.15, -0.1) is 0 Å². The molecule has 0 heterocycles. The highest BCUT2D eigenvalue weighted by atomic mass is 16.5. The smallest absolute Gasteiger partial charge is 0.305 e. The van der Waals surface area contributed by atoms with E-state index in [0.717, 1.165) is 56.1 Å². The molecule has 0 bridgehead atoms. The minimum Gasteiger partial charge on any atom is -0.469 e. The number of ether oxygens (including phenoxy) is 1. The Kier molecular flexibility index (Phi) is 10.8. The number of hydrogen-bond donors (Lipinski definition) is 2. The molecule has 1 aliphatic rings. The van der Waals surface area contributed by atoms with Crippen molar-refractivity contribution in [3.8, 4) is 6.07 Å². The van der Waals surface area contributed by atoms with E-state index in [1.165, 1.54) is 7.11 Å². The van der Waals surface area contributed by atoms with Crippen LogP contribution < -0.4 is 0 Å². The van der Waals surface area contributed by atoms with Crippen LogP contribution in [0.3, 0.4) is 0 Å². The van der Waals surface area contributed by atoms with E-state index in [-0.39, 0.29) is 23.7 Å². The number of nitriles is 1. The third kappa shape index (κ3) is 7.48. The molecule has 0 spiro atoms. The third-order valence-corrected chi connectivity index (χ3v) is 6.40. The van der Waals surface area contributed by atoms with Gasteiger partial charge in [-0.25, -0.2) is 0 Å². The van der Waals surface area contributed by atoms with Gasteiger partial charge in [-0.2, -0.15) is 5.26 Å². The molecule has 1 aromatic carbocycles. The van der Waals surface area contributed by atoms with Gasteiger partial charge in [-0.05, 0) is 49.1 Å². The molecule has 0 amide bonds. The molecule has 1 fully saturated rings. The molecule has 1 aliphatic carbocycles. The lowest BCUT2D eigenvalue weighted by Crippen LogP contribution is -2.18. The summed E-state index contributed by atoms with van der Waals surface area (Å²) >= 11 is 0. The number of carbonyl (C=O) groups is 1. The lowest BCUT2D eigenvalue weighted by Gasteiger charge is -2.23. The number of aliphatic hydroxyl groups is 2. The van der Waals surface area contributed by atoms with Crippen molar-refractivity contribution in [1.29, 1.82) is 5.26 Å². The summed E-state index contributed by atoms with van der Waals surface area (Å²) in [4.78, 5) is 11.2. The number of aliphatic hydroxyl groups excluding tert-OH is 2. The highest BCUT2D eigenvalue weighted by Gasteiger charge is 2.42. The maximum atomic E-state index is 11.2. The van der Waals surface area contributed by atoms with Crippen LogP contribution in [0.2, 0.25) is 0 Å². The first-order valence-corrected chi connectivity index (χ1v) is 11.6. The Bertz CT molecular complexity index is 737. The lowest BCUT2D eigenvalue weighted by molar-refractivity contribution is -0.140. The van der Waals surface area contributed by atoms with Gasteiger partial charge in [0.15, 0.2) is 0 Å². The summed E-state index contributed by atoms with van der Waals surface area (Å²) in [5.74, 6) is -0.414. The quantitative estimate of drug-likeness (QED) is 0.272. The molecule has 31 heavy (non-hydrogen) atoms. The fourth-order valence-corrected chi connectivity index (χ4v) is 4.58. The molecule has 1 saturated carbocycles.